The molecule has 2 amide bonds. The average molecular weight is 533 g/mol. The molecule has 0 aromatic heterocycles. The van der Waals surface area contributed by atoms with Crippen LogP contribution in [0.1, 0.15) is 84.0 Å². The number of likely N-dealkylation sites (N-methyl/N-ethyl adjacent to an activating group) is 1. The zero-order valence-electron chi connectivity index (χ0n) is 23.5. The normalized spacial score (nSPS) is 21.3. The highest BCUT2D eigenvalue weighted by Gasteiger charge is 2.41. The van der Waals surface area contributed by atoms with Gasteiger partial charge in [-0.15, -0.1) is 0 Å². The van der Waals surface area contributed by atoms with Gasteiger partial charge in [-0.3, -0.25) is 10.1 Å². The minimum atomic E-state index is -0.841. The molecular formula is C28H48N6O4. The first-order valence-electron chi connectivity index (χ1n) is 14.7. The lowest BCUT2D eigenvalue weighted by Crippen LogP contribution is -2.57. The van der Waals surface area contributed by atoms with Gasteiger partial charge in [0.25, 0.3) is 0 Å². The van der Waals surface area contributed by atoms with Crippen molar-refractivity contribution in [1.29, 1.82) is 5.26 Å². The van der Waals surface area contributed by atoms with Crippen LogP contribution in [0.25, 0.3) is 0 Å². The summed E-state index contributed by atoms with van der Waals surface area (Å²) < 4.78 is 11.0. The van der Waals surface area contributed by atoms with Crippen molar-refractivity contribution in [3.05, 3.63) is 0 Å². The molecule has 1 unspecified atom stereocenters. The molecule has 3 fully saturated rings. The largest absolute Gasteiger partial charge is 0.449 e. The molecule has 10 heteroatoms. The fourth-order valence-corrected chi connectivity index (χ4v) is 5.68. The first kappa shape index (κ1) is 30.2. The number of nitriles is 1. The molecule has 1 saturated carbocycles. The maximum atomic E-state index is 14.0. The van der Waals surface area contributed by atoms with Gasteiger partial charge in [-0.05, 0) is 44.7 Å². The number of morpholine rings is 1. The van der Waals surface area contributed by atoms with Crippen LogP contribution >= 0.6 is 0 Å². The molecule has 0 bridgehead atoms. The highest BCUT2D eigenvalue weighted by Crippen LogP contribution is 2.31. The van der Waals surface area contributed by atoms with Gasteiger partial charge in [0.05, 0.1) is 25.9 Å². The van der Waals surface area contributed by atoms with E-state index in [2.05, 4.69) is 23.6 Å². The summed E-state index contributed by atoms with van der Waals surface area (Å²) in [5.41, 5.74) is -0.841. The van der Waals surface area contributed by atoms with E-state index in [1.807, 2.05) is 4.90 Å². The molecule has 38 heavy (non-hydrogen) atoms. The third-order valence-electron chi connectivity index (χ3n) is 8.21. The Kier molecular flexibility index (Phi) is 12.6. The molecule has 0 aromatic rings. The molecule has 1 aliphatic carbocycles. The summed E-state index contributed by atoms with van der Waals surface area (Å²) in [6, 6.07) is 1.77. The van der Waals surface area contributed by atoms with Gasteiger partial charge < -0.3 is 24.6 Å². The zero-order chi connectivity index (χ0) is 27.2. The number of carbonyl (C=O) groups is 2. The molecule has 3 aliphatic rings. The standard InChI is InChI=1S/C28H48N6O4/c1-3-4-5-9-18-38-27(36)32-26(34-16-19-37-20-17-34)31-24(21-23-10-7-6-8-11-23)25(35)33(2)28(22-29)12-14-30-15-13-28/h23-24,30H,3-21H2,1-2H3,(H,31,32,36). The van der Waals surface area contributed by atoms with E-state index in [9.17, 15) is 14.9 Å². The van der Waals surface area contributed by atoms with Crippen molar-refractivity contribution in [2.75, 3.05) is 53.0 Å². The SMILES string of the molecule is CCCCCCOC(=O)NC(=NC(CC1CCCCC1)C(=O)N(C)C1(C#N)CCNCC1)N1CCOCC1. The second-order valence-electron chi connectivity index (χ2n) is 10.9. The van der Waals surface area contributed by atoms with Crippen LogP contribution in [0.4, 0.5) is 4.79 Å². The summed E-state index contributed by atoms with van der Waals surface area (Å²) in [6.45, 7) is 6.10. The fourth-order valence-electron chi connectivity index (χ4n) is 5.68. The number of piperidine rings is 1. The van der Waals surface area contributed by atoms with E-state index < -0.39 is 17.7 Å². The van der Waals surface area contributed by atoms with Crippen LogP contribution in [-0.4, -0.2) is 92.4 Å². The molecule has 0 spiro atoms. The molecule has 0 radical (unpaired) electrons. The van der Waals surface area contributed by atoms with E-state index in [0.29, 0.717) is 77.1 Å². The number of alkyl carbamates (subject to hydrolysis) is 1. The average Bonchev–Trinajstić information content (AvgIpc) is 2.96. The topological polar surface area (TPSA) is 119 Å². The zero-order valence-corrected chi connectivity index (χ0v) is 23.5. The number of amides is 2. The number of nitrogens with zero attached hydrogens (tertiary/aromatic N) is 4. The Balaban J connectivity index is 1.82. The monoisotopic (exact) mass is 532 g/mol. The van der Waals surface area contributed by atoms with Crippen LogP contribution in [-0.2, 0) is 14.3 Å². The Morgan fingerprint density at radius 1 is 1.18 bits per heavy atom. The molecule has 10 nitrogen and oxygen atoms in total. The van der Waals surface area contributed by atoms with Crippen LogP contribution in [0.3, 0.4) is 0 Å². The van der Waals surface area contributed by atoms with Crippen LogP contribution in [0.5, 0.6) is 0 Å². The number of rotatable bonds is 10. The minimum absolute atomic E-state index is 0.153. The molecule has 0 aromatic carbocycles. The fraction of sp³-hybridized carbons (Fsp3) is 0.857. The lowest BCUT2D eigenvalue weighted by atomic mass is 9.83. The molecule has 1 atom stereocenters. The number of carbonyl (C=O) groups excluding carboxylic acids is 2. The van der Waals surface area contributed by atoms with Gasteiger partial charge in [0.2, 0.25) is 11.9 Å². The Labute approximate surface area is 228 Å². The Bertz CT molecular complexity index is 811. The van der Waals surface area contributed by atoms with E-state index >= 15 is 0 Å². The number of guanidine groups is 1. The highest BCUT2D eigenvalue weighted by atomic mass is 16.5. The van der Waals surface area contributed by atoms with Gasteiger partial charge >= 0.3 is 6.09 Å². The first-order chi connectivity index (χ1) is 18.5. The second kappa shape index (κ2) is 15.9. The van der Waals surface area contributed by atoms with Crippen LogP contribution in [0.15, 0.2) is 4.99 Å². The molecule has 2 saturated heterocycles. The van der Waals surface area contributed by atoms with Gasteiger partial charge in [0.1, 0.15) is 11.6 Å². The van der Waals surface area contributed by atoms with Gasteiger partial charge in [-0.1, -0.05) is 58.3 Å². The number of ether oxygens (including phenoxy) is 2. The first-order valence-corrected chi connectivity index (χ1v) is 14.7. The number of hydrogen-bond donors (Lipinski definition) is 2. The number of aliphatic imine (C=N–C) groups is 1. The van der Waals surface area contributed by atoms with Crippen molar-refractivity contribution in [2.45, 2.75) is 95.6 Å². The van der Waals surface area contributed by atoms with Gasteiger partial charge in [-0.2, -0.15) is 5.26 Å². The lowest BCUT2D eigenvalue weighted by molar-refractivity contribution is -0.136. The predicted molar refractivity (Wildman–Crippen MR) is 147 cm³/mol. The summed E-state index contributed by atoms with van der Waals surface area (Å²) in [6.07, 6.45) is 11.0. The molecule has 2 aliphatic heterocycles. The number of unbranched alkanes of at least 4 members (excludes halogenated alkanes) is 3. The van der Waals surface area contributed by atoms with E-state index in [1.54, 1.807) is 11.9 Å². The van der Waals surface area contributed by atoms with Gasteiger partial charge in [-0.25, -0.2) is 9.79 Å². The molecule has 214 valence electrons. The number of nitrogens with one attached hydrogen (secondary N) is 2. The van der Waals surface area contributed by atoms with Crippen molar-refractivity contribution in [3.8, 4) is 6.07 Å². The van der Waals surface area contributed by atoms with E-state index in [0.717, 1.165) is 51.4 Å². The smallest absolute Gasteiger partial charge is 0.413 e. The predicted octanol–water partition coefficient (Wildman–Crippen LogP) is 3.42. The van der Waals surface area contributed by atoms with Gasteiger partial charge in [0.15, 0.2) is 0 Å². The van der Waals surface area contributed by atoms with E-state index in [-0.39, 0.29) is 5.91 Å². The van der Waals surface area contributed by atoms with Crippen LogP contribution in [0.2, 0.25) is 0 Å². The van der Waals surface area contributed by atoms with Crippen LogP contribution in [0, 0.1) is 17.2 Å². The maximum absolute atomic E-state index is 14.0. The summed E-state index contributed by atoms with van der Waals surface area (Å²) in [5, 5.41) is 16.2. The molecule has 2 N–H and O–H groups in total. The van der Waals surface area contributed by atoms with E-state index in [4.69, 9.17) is 14.5 Å². The Hall–Kier alpha value is -2.38. The van der Waals surface area contributed by atoms with Gasteiger partial charge in [0, 0.05) is 20.1 Å². The van der Waals surface area contributed by atoms with Crippen molar-refractivity contribution >= 4 is 18.0 Å². The summed E-state index contributed by atoms with van der Waals surface area (Å²) in [5.74, 6) is 0.614. The summed E-state index contributed by atoms with van der Waals surface area (Å²) in [4.78, 5) is 35.3. The van der Waals surface area contributed by atoms with E-state index in [1.165, 1.54) is 6.42 Å². The highest BCUT2D eigenvalue weighted by molar-refractivity contribution is 5.96. The van der Waals surface area contributed by atoms with Crippen LogP contribution < -0.4 is 10.6 Å². The van der Waals surface area contributed by atoms with Crippen molar-refractivity contribution in [1.82, 2.24) is 20.4 Å². The third kappa shape index (κ3) is 8.84. The third-order valence-corrected chi connectivity index (χ3v) is 8.21. The maximum Gasteiger partial charge on any atom is 0.413 e. The second-order valence-corrected chi connectivity index (χ2v) is 10.9. The van der Waals surface area contributed by atoms with Crippen molar-refractivity contribution < 1.29 is 19.1 Å². The Morgan fingerprint density at radius 3 is 2.55 bits per heavy atom. The van der Waals surface area contributed by atoms with Crippen molar-refractivity contribution in [2.24, 2.45) is 10.9 Å². The summed E-state index contributed by atoms with van der Waals surface area (Å²) >= 11 is 0. The molecule has 2 heterocycles. The van der Waals surface area contributed by atoms with Crippen molar-refractivity contribution in [3.63, 3.8) is 0 Å². The molecule has 3 rings (SSSR count). The summed E-state index contributed by atoms with van der Waals surface area (Å²) in [7, 11) is 1.74. The quantitative estimate of drug-likeness (QED) is 0.251. The lowest BCUT2D eigenvalue weighted by Gasteiger charge is -2.41. The minimum Gasteiger partial charge on any atom is -0.449 e. The molecular weight excluding hydrogens is 484 g/mol. The number of hydrogen-bond acceptors (Lipinski definition) is 7. The Morgan fingerprint density at radius 2 is 1.89 bits per heavy atom.